The third-order valence-electron chi connectivity index (χ3n) is 4.91. The van der Waals surface area contributed by atoms with Gasteiger partial charge in [-0.2, -0.15) is 13.2 Å². The van der Waals surface area contributed by atoms with Gasteiger partial charge in [-0.1, -0.05) is 25.7 Å². The minimum Gasteiger partial charge on any atom is -0.388 e. The molecule has 1 aliphatic carbocycles. The number of nitrogens with zero attached hydrogens (tertiary/aromatic N) is 1. The summed E-state index contributed by atoms with van der Waals surface area (Å²) in [6.07, 6.45) is 2.45. The SMILES string of the molecule is O=C(NCC1(O)CCCCCC1)C1CCCN(CC(F)(F)F)C1. The lowest BCUT2D eigenvalue weighted by Crippen LogP contribution is -2.49. The number of aliphatic hydroxyl groups is 1. The number of piperidine rings is 1. The van der Waals surface area contributed by atoms with Gasteiger partial charge in [0.15, 0.2) is 0 Å². The molecule has 134 valence electrons. The van der Waals surface area contributed by atoms with Crippen molar-refractivity contribution >= 4 is 5.91 Å². The molecule has 0 aromatic rings. The summed E-state index contributed by atoms with van der Waals surface area (Å²) >= 11 is 0. The van der Waals surface area contributed by atoms with Crippen LogP contribution in [0.2, 0.25) is 0 Å². The summed E-state index contributed by atoms with van der Waals surface area (Å²) < 4.78 is 37.4. The number of carbonyl (C=O) groups is 1. The van der Waals surface area contributed by atoms with Crippen LogP contribution in [0.25, 0.3) is 0 Å². The molecule has 2 N–H and O–H groups in total. The number of halogens is 3. The molecule has 1 saturated carbocycles. The van der Waals surface area contributed by atoms with Crippen molar-refractivity contribution in [3.63, 3.8) is 0 Å². The van der Waals surface area contributed by atoms with Gasteiger partial charge < -0.3 is 10.4 Å². The van der Waals surface area contributed by atoms with Crippen LogP contribution < -0.4 is 5.32 Å². The zero-order chi connectivity index (χ0) is 16.9. The van der Waals surface area contributed by atoms with Gasteiger partial charge in [-0.25, -0.2) is 0 Å². The van der Waals surface area contributed by atoms with Crippen LogP contribution in [0.4, 0.5) is 13.2 Å². The molecule has 4 nitrogen and oxygen atoms in total. The predicted octanol–water partition coefficient (Wildman–Crippen LogP) is 2.46. The molecule has 0 spiro atoms. The third-order valence-corrected chi connectivity index (χ3v) is 4.91. The van der Waals surface area contributed by atoms with Crippen LogP contribution in [0.1, 0.15) is 51.4 Å². The summed E-state index contributed by atoms with van der Waals surface area (Å²) in [4.78, 5) is 13.5. The van der Waals surface area contributed by atoms with Crippen molar-refractivity contribution in [3.8, 4) is 0 Å². The molecule has 0 aromatic heterocycles. The molecular formula is C16H27F3N2O2. The summed E-state index contributed by atoms with van der Waals surface area (Å²) in [5.74, 6) is -0.643. The quantitative estimate of drug-likeness (QED) is 0.776. The lowest BCUT2D eigenvalue weighted by molar-refractivity contribution is -0.152. The number of hydrogen-bond donors (Lipinski definition) is 2. The second kappa shape index (κ2) is 7.83. The molecule has 23 heavy (non-hydrogen) atoms. The fourth-order valence-corrected chi connectivity index (χ4v) is 3.63. The molecule has 2 fully saturated rings. The first-order chi connectivity index (χ1) is 10.8. The maximum atomic E-state index is 12.5. The second-order valence-electron chi connectivity index (χ2n) is 7.05. The largest absolute Gasteiger partial charge is 0.401 e. The van der Waals surface area contributed by atoms with E-state index in [9.17, 15) is 23.1 Å². The molecular weight excluding hydrogens is 309 g/mol. The van der Waals surface area contributed by atoms with E-state index in [0.717, 1.165) is 25.7 Å². The summed E-state index contributed by atoms with van der Waals surface area (Å²) in [6.45, 7) is -0.223. The molecule has 1 amide bonds. The highest BCUT2D eigenvalue weighted by Crippen LogP contribution is 2.27. The van der Waals surface area contributed by atoms with Gasteiger partial charge in [0.05, 0.1) is 18.1 Å². The molecule has 1 unspecified atom stereocenters. The van der Waals surface area contributed by atoms with Gasteiger partial charge in [-0.15, -0.1) is 0 Å². The Morgan fingerprint density at radius 2 is 1.83 bits per heavy atom. The molecule has 0 aromatic carbocycles. The summed E-state index contributed by atoms with van der Waals surface area (Å²) in [5, 5.41) is 13.3. The Morgan fingerprint density at radius 1 is 1.17 bits per heavy atom. The van der Waals surface area contributed by atoms with E-state index in [1.807, 2.05) is 0 Å². The summed E-state index contributed by atoms with van der Waals surface area (Å²) in [7, 11) is 0. The van der Waals surface area contributed by atoms with Gasteiger partial charge in [0.25, 0.3) is 0 Å². The van der Waals surface area contributed by atoms with Crippen LogP contribution in [-0.4, -0.2) is 53.9 Å². The number of nitrogens with one attached hydrogen (secondary N) is 1. The van der Waals surface area contributed by atoms with Crippen LogP contribution in [0.5, 0.6) is 0 Å². The summed E-state index contributed by atoms with van der Waals surface area (Å²) in [5.41, 5.74) is -0.855. The molecule has 2 aliphatic rings. The van der Waals surface area contributed by atoms with Crippen molar-refractivity contribution in [2.24, 2.45) is 5.92 Å². The maximum absolute atomic E-state index is 12.5. The lowest BCUT2D eigenvalue weighted by Gasteiger charge is -2.33. The number of carbonyl (C=O) groups excluding carboxylic acids is 1. The minimum absolute atomic E-state index is 0.143. The van der Waals surface area contributed by atoms with E-state index in [1.54, 1.807) is 0 Å². The molecule has 1 heterocycles. The van der Waals surface area contributed by atoms with Crippen molar-refractivity contribution < 1.29 is 23.1 Å². The Morgan fingerprint density at radius 3 is 2.43 bits per heavy atom. The molecule has 0 bridgehead atoms. The number of alkyl halides is 3. The topological polar surface area (TPSA) is 52.6 Å². The molecule has 1 aliphatic heterocycles. The predicted molar refractivity (Wildman–Crippen MR) is 80.9 cm³/mol. The Kier molecular flexibility index (Phi) is 6.31. The number of hydrogen-bond acceptors (Lipinski definition) is 3. The van der Waals surface area contributed by atoms with Gasteiger partial charge >= 0.3 is 6.18 Å². The first kappa shape index (κ1) is 18.5. The van der Waals surface area contributed by atoms with E-state index in [1.165, 1.54) is 4.90 Å². The second-order valence-corrected chi connectivity index (χ2v) is 7.05. The van der Waals surface area contributed by atoms with E-state index < -0.39 is 24.2 Å². The zero-order valence-corrected chi connectivity index (χ0v) is 13.5. The molecule has 1 saturated heterocycles. The smallest absolute Gasteiger partial charge is 0.388 e. The Labute approximate surface area is 135 Å². The van der Waals surface area contributed by atoms with E-state index in [4.69, 9.17) is 0 Å². The first-order valence-electron chi connectivity index (χ1n) is 8.57. The van der Waals surface area contributed by atoms with Crippen molar-refractivity contribution in [1.29, 1.82) is 0 Å². The van der Waals surface area contributed by atoms with E-state index in [2.05, 4.69) is 5.32 Å². The van der Waals surface area contributed by atoms with Gasteiger partial charge in [-0.3, -0.25) is 9.69 Å². The number of rotatable bonds is 4. The molecule has 1 atom stereocenters. The van der Waals surface area contributed by atoms with E-state index >= 15 is 0 Å². The average Bonchev–Trinajstić information content (AvgIpc) is 2.69. The standard InChI is InChI=1S/C16H27F3N2O2/c17-16(18,19)12-21-9-5-6-13(10-21)14(22)20-11-15(23)7-3-1-2-4-8-15/h13,23H,1-12H2,(H,20,22). The number of amides is 1. The Balaban J connectivity index is 1.80. The highest BCUT2D eigenvalue weighted by molar-refractivity contribution is 5.79. The zero-order valence-electron chi connectivity index (χ0n) is 13.5. The normalized spacial score (nSPS) is 26.5. The first-order valence-corrected chi connectivity index (χ1v) is 8.57. The van der Waals surface area contributed by atoms with Crippen LogP contribution in [0, 0.1) is 5.92 Å². The Bertz CT molecular complexity index is 393. The highest BCUT2D eigenvalue weighted by Gasteiger charge is 2.35. The van der Waals surface area contributed by atoms with Gasteiger partial charge in [0.1, 0.15) is 0 Å². The van der Waals surface area contributed by atoms with Gasteiger partial charge in [-0.05, 0) is 32.2 Å². The number of likely N-dealkylation sites (tertiary alicyclic amines) is 1. The van der Waals surface area contributed by atoms with Crippen LogP contribution in [0.15, 0.2) is 0 Å². The van der Waals surface area contributed by atoms with Gasteiger partial charge in [0.2, 0.25) is 5.91 Å². The Hall–Kier alpha value is -0.820. The lowest BCUT2D eigenvalue weighted by atomic mass is 9.93. The van der Waals surface area contributed by atoms with Crippen LogP contribution in [0.3, 0.4) is 0 Å². The monoisotopic (exact) mass is 336 g/mol. The molecule has 0 radical (unpaired) electrons. The van der Waals surface area contributed by atoms with Crippen molar-refractivity contribution in [1.82, 2.24) is 10.2 Å². The minimum atomic E-state index is -4.23. The fraction of sp³-hybridized carbons (Fsp3) is 0.938. The third kappa shape index (κ3) is 6.30. The van der Waals surface area contributed by atoms with Gasteiger partial charge in [0, 0.05) is 13.1 Å². The van der Waals surface area contributed by atoms with Crippen LogP contribution in [-0.2, 0) is 4.79 Å². The molecule has 7 heteroatoms. The molecule has 2 rings (SSSR count). The maximum Gasteiger partial charge on any atom is 0.401 e. The van der Waals surface area contributed by atoms with Crippen molar-refractivity contribution in [2.75, 3.05) is 26.2 Å². The average molecular weight is 336 g/mol. The van der Waals surface area contributed by atoms with E-state index in [0.29, 0.717) is 32.2 Å². The highest BCUT2D eigenvalue weighted by atomic mass is 19.4. The van der Waals surface area contributed by atoms with E-state index in [-0.39, 0.29) is 19.0 Å². The fourth-order valence-electron chi connectivity index (χ4n) is 3.63. The van der Waals surface area contributed by atoms with Crippen molar-refractivity contribution in [3.05, 3.63) is 0 Å². The van der Waals surface area contributed by atoms with Crippen LogP contribution >= 0.6 is 0 Å². The van der Waals surface area contributed by atoms with Crippen molar-refractivity contribution in [2.45, 2.75) is 63.1 Å². The summed E-state index contributed by atoms with van der Waals surface area (Å²) in [6, 6.07) is 0.